The van der Waals surface area contributed by atoms with Crippen LogP contribution < -0.4 is 0 Å². The average molecular weight is 299 g/mol. The van der Waals surface area contributed by atoms with Crippen LogP contribution in [0.2, 0.25) is 4.34 Å². The first-order valence-corrected chi connectivity index (χ1v) is 6.94. The van der Waals surface area contributed by atoms with Gasteiger partial charge in [-0.3, -0.25) is 9.78 Å². The second-order valence-corrected chi connectivity index (χ2v) is 5.68. The van der Waals surface area contributed by atoms with E-state index in [0.717, 1.165) is 11.1 Å². The van der Waals surface area contributed by atoms with Crippen LogP contribution in [0.25, 0.3) is 0 Å². The summed E-state index contributed by atoms with van der Waals surface area (Å²) in [7, 11) is 0. The van der Waals surface area contributed by atoms with E-state index < -0.39 is 5.82 Å². The molecule has 0 atom stereocenters. The lowest BCUT2D eigenvalue weighted by molar-refractivity contribution is 0.0749. The van der Waals surface area contributed by atoms with Gasteiger partial charge in [-0.25, -0.2) is 4.39 Å². The Morgan fingerprint density at radius 2 is 2.26 bits per heavy atom. The minimum Gasteiger partial charge on any atom is -0.334 e. The van der Waals surface area contributed by atoms with Crippen molar-refractivity contribution < 1.29 is 9.18 Å². The molecule has 0 saturated heterocycles. The number of pyridine rings is 1. The summed E-state index contributed by atoms with van der Waals surface area (Å²) in [4.78, 5) is 18.4. The molecular formula is C13H12ClFN2OS. The summed E-state index contributed by atoms with van der Waals surface area (Å²) in [5.74, 6) is -0.943. The van der Waals surface area contributed by atoms with Gasteiger partial charge < -0.3 is 4.90 Å². The Bertz CT molecular complexity index is 588. The number of hydrogen-bond donors (Lipinski definition) is 0. The molecule has 3 nitrogen and oxygen atoms in total. The fourth-order valence-electron chi connectivity index (χ4n) is 1.67. The zero-order valence-corrected chi connectivity index (χ0v) is 11.8. The van der Waals surface area contributed by atoms with E-state index >= 15 is 0 Å². The van der Waals surface area contributed by atoms with Crippen LogP contribution in [0.4, 0.5) is 4.39 Å². The van der Waals surface area contributed by atoms with Crippen LogP contribution in [0.15, 0.2) is 30.6 Å². The predicted octanol–water partition coefficient (Wildman–Crippen LogP) is 3.60. The summed E-state index contributed by atoms with van der Waals surface area (Å²) < 4.78 is 14.2. The second-order valence-electron chi connectivity index (χ2n) is 3.88. The van der Waals surface area contributed by atoms with Gasteiger partial charge in [0.15, 0.2) is 5.82 Å². The molecule has 0 unspecified atom stereocenters. The number of hydrogen-bond acceptors (Lipinski definition) is 3. The number of carbonyl (C=O) groups is 1. The maximum Gasteiger partial charge on any atom is 0.257 e. The Labute approximate surface area is 119 Å². The highest BCUT2D eigenvalue weighted by Crippen LogP contribution is 2.23. The quantitative estimate of drug-likeness (QED) is 0.864. The fraction of sp³-hybridized carbons (Fsp3) is 0.231. The number of aromatic nitrogens is 1. The molecule has 2 aromatic heterocycles. The van der Waals surface area contributed by atoms with Gasteiger partial charge in [-0.15, -0.1) is 11.3 Å². The zero-order valence-electron chi connectivity index (χ0n) is 10.3. The summed E-state index contributed by atoms with van der Waals surface area (Å²) in [6.45, 7) is 2.77. The lowest BCUT2D eigenvalue weighted by Gasteiger charge is -2.20. The van der Waals surface area contributed by atoms with E-state index in [1.165, 1.54) is 23.6 Å². The van der Waals surface area contributed by atoms with Gasteiger partial charge in [0.1, 0.15) is 0 Å². The van der Waals surface area contributed by atoms with Crippen molar-refractivity contribution >= 4 is 28.8 Å². The number of nitrogens with zero attached hydrogens (tertiary/aromatic N) is 2. The van der Waals surface area contributed by atoms with Crippen LogP contribution in [0, 0.1) is 5.82 Å². The molecule has 0 spiro atoms. The smallest absolute Gasteiger partial charge is 0.257 e. The topological polar surface area (TPSA) is 33.2 Å². The normalized spacial score (nSPS) is 10.5. The molecule has 0 radical (unpaired) electrons. The number of amides is 1. The monoisotopic (exact) mass is 298 g/mol. The molecule has 0 saturated carbocycles. The van der Waals surface area contributed by atoms with Crippen molar-refractivity contribution in [2.24, 2.45) is 0 Å². The van der Waals surface area contributed by atoms with Gasteiger partial charge in [-0.05, 0) is 25.1 Å². The molecule has 0 fully saturated rings. The van der Waals surface area contributed by atoms with Crippen molar-refractivity contribution in [3.63, 3.8) is 0 Å². The van der Waals surface area contributed by atoms with Crippen LogP contribution in [0.5, 0.6) is 0 Å². The molecule has 0 bridgehead atoms. The summed E-state index contributed by atoms with van der Waals surface area (Å²) in [6.07, 6.45) is 2.45. The molecule has 0 aromatic carbocycles. The minimum absolute atomic E-state index is 0.0412. The van der Waals surface area contributed by atoms with Gasteiger partial charge in [0.2, 0.25) is 0 Å². The Balaban J connectivity index is 2.18. The van der Waals surface area contributed by atoms with Gasteiger partial charge >= 0.3 is 0 Å². The highest BCUT2D eigenvalue weighted by Gasteiger charge is 2.18. The Morgan fingerprint density at radius 1 is 1.47 bits per heavy atom. The van der Waals surface area contributed by atoms with E-state index in [1.54, 1.807) is 11.0 Å². The predicted molar refractivity (Wildman–Crippen MR) is 73.9 cm³/mol. The molecule has 2 heterocycles. The van der Waals surface area contributed by atoms with Gasteiger partial charge in [-0.1, -0.05) is 11.6 Å². The molecule has 0 aliphatic heterocycles. The third-order valence-corrected chi connectivity index (χ3v) is 3.86. The Kier molecular flexibility index (Phi) is 4.50. The van der Waals surface area contributed by atoms with E-state index in [9.17, 15) is 9.18 Å². The Hall–Kier alpha value is -1.46. The largest absolute Gasteiger partial charge is 0.334 e. The molecule has 1 amide bonds. The highest BCUT2D eigenvalue weighted by atomic mass is 35.5. The minimum atomic E-state index is -0.602. The van der Waals surface area contributed by atoms with E-state index in [4.69, 9.17) is 11.6 Å². The van der Waals surface area contributed by atoms with Crippen molar-refractivity contribution in [3.05, 3.63) is 51.2 Å². The van der Waals surface area contributed by atoms with Crippen molar-refractivity contribution in [2.45, 2.75) is 13.5 Å². The number of rotatable bonds is 4. The number of carbonyl (C=O) groups excluding carboxylic acids is 1. The number of halogens is 2. The highest BCUT2D eigenvalue weighted by molar-refractivity contribution is 7.16. The first kappa shape index (κ1) is 14.0. The van der Waals surface area contributed by atoms with Gasteiger partial charge in [0.05, 0.1) is 22.6 Å². The SMILES string of the molecule is CCN(Cc1ccc(Cl)s1)C(=O)c1ccncc1F. The molecule has 0 N–H and O–H groups in total. The summed E-state index contributed by atoms with van der Waals surface area (Å²) in [6, 6.07) is 5.04. The van der Waals surface area contributed by atoms with E-state index in [1.807, 2.05) is 13.0 Å². The summed E-state index contributed by atoms with van der Waals surface area (Å²) in [5, 5.41) is 0. The second kappa shape index (κ2) is 6.12. The average Bonchev–Trinajstić information content (AvgIpc) is 2.81. The number of thiophene rings is 1. The first-order chi connectivity index (χ1) is 9.11. The standard InChI is InChI=1S/C13H12ClFN2OS/c1-2-17(8-9-3-4-12(14)19-9)13(18)10-5-6-16-7-11(10)15/h3-7H,2,8H2,1H3. The lowest BCUT2D eigenvalue weighted by Crippen LogP contribution is -2.30. The first-order valence-electron chi connectivity index (χ1n) is 5.74. The van der Waals surface area contributed by atoms with Crippen molar-refractivity contribution in [3.8, 4) is 0 Å². The van der Waals surface area contributed by atoms with Crippen LogP contribution in [-0.2, 0) is 6.54 Å². The van der Waals surface area contributed by atoms with Gasteiger partial charge in [0, 0.05) is 17.6 Å². The van der Waals surface area contributed by atoms with E-state index in [0.29, 0.717) is 17.4 Å². The molecule has 100 valence electrons. The molecular weight excluding hydrogens is 287 g/mol. The summed E-state index contributed by atoms with van der Waals surface area (Å²) in [5.41, 5.74) is 0.0412. The molecule has 0 aliphatic rings. The van der Waals surface area contributed by atoms with Crippen molar-refractivity contribution in [2.75, 3.05) is 6.54 Å². The zero-order chi connectivity index (χ0) is 13.8. The maximum absolute atomic E-state index is 13.6. The van der Waals surface area contributed by atoms with E-state index in [-0.39, 0.29) is 11.5 Å². The lowest BCUT2D eigenvalue weighted by atomic mass is 10.2. The molecule has 2 aromatic rings. The third kappa shape index (κ3) is 3.30. The van der Waals surface area contributed by atoms with Crippen LogP contribution in [0.1, 0.15) is 22.2 Å². The third-order valence-electron chi connectivity index (χ3n) is 2.65. The summed E-state index contributed by atoms with van der Waals surface area (Å²) >= 11 is 7.27. The van der Waals surface area contributed by atoms with Crippen LogP contribution in [-0.4, -0.2) is 22.3 Å². The Morgan fingerprint density at radius 3 is 2.84 bits per heavy atom. The fourth-order valence-corrected chi connectivity index (χ4v) is 2.77. The van der Waals surface area contributed by atoms with Crippen LogP contribution >= 0.6 is 22.9 Å². The molecule has 6 heteroatoms. The molecule has 2 rings (SSSR count). The maximum atomic E-state index is 13.6. The van der Waals surface area contributed by atoms with Crippen molar-refractivity contribution in [1.29, 1.82) is 0 Å². The van der Waals surface area contributed by atoms with Crippen molar-refractivity contribution in [1.82, 2.24) is 9.88 Å². The molecule has 19 heavy (non-hydrogen) atoms. The van der Waals surface area contributed by atoms with Crippen LogP contribution in [0.3, 0.4) is 0 Å². The van der Waals surface area contributed by atoms with Gasteiger partial charge in [-0.2, -0.15) is 0 Å². The molecule has 0 aliphatic carbocycles. The van der Waals surface area contributed by atoms with E-state index in [2.05, 4.69) is 4.98 Å². The van der Waals surface area contributed by atoms with Gasteiger partial charge in [0.25, 0.3) is 5.91 Å².